The van der Waals surface area contributed by atoms with Crippen LogP contribution in [0.4, 0.5) is 5.69 Å². The second-order valence-electron chi connectivity index (χ2n) is 4.95. The highest BCUT2D eigenvalue weighted by Gasteiger charge is 2.02. The number of benzene rings is 3. The molecular weight excluding hydrogens is 356 g/mol. The maximum Gasteiger partial charge on any atom is 0.171 e. The summed E-state index contributed by atoms with van der Waals surface area (Å²) in [6, 6.07) is 22.6. The SMILES string of the molecule is S=C(NCc1cccc2ccccc12)Nc1ccc(Br)cc1. The molecule has 2 nitrogen and oxygen atoms in total. The van der Waals surface area contributed by atoms with E-state index in [0.717, 1.165) is 10.2 Å². The Morgan fingerprint density at radius 3 is 2.45 bits per heavy atom. The van der Waals surface area contributed by atoms with Crippen molar-refractivity contribution in [3.8, 4) is 0 Å². The van der Waals surface area contributed by atoms with Gasteiger partial charge in [-0.1, -0.05) is 58.4 Å². The molecule has 0 saturated heterocycles. The molecule has 0 heterocycles. The Morgan fingerprint density at radius 2 is 1.64 bits per heavy atom. The predicted octanol–water partition coefficient (Wildman–Crippen LogP) is 5.09. The van der Waals surface area contributed by atoms with Crippen LogP contribution in [-0.2, 0) is 6.54 Å². The van der Waals surface area contributed by atoms with Crippen LogP contribution in [-0.4, -0.2) is 5.11 Å². The third-order valence-corrected chi connectivity index (χ3v) is 4.20. The van der Waals surface area contributed by atoms with E-state index in [4.69, 9.17) is 12.2 Å². The van der Waals surface area contributed by atoms with Crippen LogP contribution in [0.2, 0.25) is 0 Å². The fraction of sp³-hybridized carbons (Fsp3) is 0.0556. The Hall–Kier alpha value is -1.91. The van der Waals surface area contributed by atoms with Gasteiger partial charge in [-0.25, -0.2) is 0 Å². The molecule has 0 amide bonds. The molecule has 0 atom stereocenters. The molecule has 0 aliphatic carbocycles. The van der Waals surface area contributed by atoms with E-state index in [0.29, 0.717) is 11.7 Å². The van der Waals surface area contributed by atoms with Crippen molar-refractivity contribution in [1.29, 1.82) is 0 Å². The number of anilines is 1. The molecule has 0 saturated carbocycles. The molecule has 0 aliphatic heterocycles. The summed E-state index contributed by atoms with van der Waals surface area (Å²) in [5.41, 5.74) is 2.21. The topological polar surface area (TPSA) is 24.1 Å². The van der Waals surface area contributed by atoms with E-state index in [-0.39, 0.29) is 0 Å². The van der Waals surface area contributed by atoms with Crippen molar-refractivity contribution in [3.63, 3.8) is 0 Å². The molecule has 0 unspecified atom stereocenters. The second-order valence-corrected chi connectivity index (χ2v) is 6.28. The summed E-state index contributed by atoms with van der Waals surface area (Å²) in [5, 5.41) is 9.57. The molecule has 0 aromatic heterocycles. The van der Waals surface area contributed by atoms with Crippen LogP contribution in [0.25, 0.3) is 10.8 Å². The number of thiocarbonyl (C=S) groups is 1. The van der Waals surface area contributed by atoms with Gasteiger partial charge in [0.05, 0.1) is 0 Å². The third-order valence-electron chi connectivity index (χ3n) is 3.42. The van der Waals surface area contributed by atoms with Gasteiger partial charge in [0.2, 0.25) is 0 Å². The molecule has 0 aliphatic rings. The minimum absolute atomic E-state index is 0.621. The van der Waals surface area contributed by atoms with Gasteiger partial charge in [-0.15, -0.1) is 0 Å². The maximum absolute atomic E-state index is 5.36. The Bertz CT molecular complexity index is 794. The van der Waals surface area contributed by atoms with Crippen LogP contribution >= 0.6 is 28.1 Å². The Morgan fingerprint density at radius 1 is 0.909 bits per heavy atom. The van der Waals surface area contributed by atoms with E-state index >= 15 is 0 Å². The molecule has 0 spiro atoms. The highest BCUT2D eigenvalue weighted by Crippen LogP contribution is 2.18. The quantitative estimate of drug-likeness (QED) is 0.628. The molecule has 3 aromatic carbocycles. The molecule has 2 N–H and O–H groups in total. The van der Waals surface area contributed by atoms with Crippen LogP contribution in [0.15, 0.2) is 71.2 Å². The van der Waals surface area contributed by atoms with Gasteiger partial charge in [-0.05, 0) is 52.8 Å². The third kappa shape index (κ3) is 3.64. The highest BCUT2D eigenvalue weighted by molar-refractivity contribution is 9.10. The molecule has 110 valence electrons. The van der Waals surface area contributed by atoms with E-state index in [1.54, 1.807) is 0 Å². The van der Waals surface area contributed by atoms with Crippen molar-refractivity contribution in [2.45, 2.75) is 6.54 Å². The van der Waals surface area contributed by atoms with Crippen LogP contribution in [0, 0.1) is 0 Å². The summed E-state index contributed by atoms with van der Waals surface area (Å²) in [6.07, 6.45) is 0. The first-order valence-corrected chi connectivity index (χ1v) is 8.19. The average Bonchev–Trinajstić information content (AvgIpc) is 2.55. The van der Waals surface area contributed by atoms with E-state index < -0.39 is 0 Å². The van der Waals surface area contributed by atoms with Crippen LogP contribution in [0.3, 0.4) is 0 Å². The van der Waals surface area contributed by atoms with Crippen molar-refractivity contribution in [2.24, 2.45) is 0 Å². The average molecular weight is 371 g/mol. The van der Waals surface area contributed by atoms with Crippen molar-refractivity contribution in [3.05, 3.63) is 76.8 Å². The maximum atomic E-state index is 5.36. The highest BCUT2D eigenvalue weighted by atomic mass is 79.9. The fourth-order valence-corrected chi connectivity index (χ4v) is 2.79. The van der Waals surface area contributed by atoms with Gasteiger partial charge in [0.1, 0.15) is 0 Å². The zero-order valence-corrected chi connectivity index (χ0v) is 14.2. The minimum atomic E-state index is 0.621. The number of nitrogens with one attached hydrogen (secondary N) is 2. The van der Waals surface area contributed by atoms with Gasteiger partial charge < -0.3 is 10.6 Å². The lowest BCUT2D eigenvalue weighted by molar-refractivity contribution is 0.934. The molecule has 0 radical (unpaired) electrons. The normalized spacial score (nSPS) is 10.4. The van der Waals surface area contributed by atoms with Gasteiger partial charge in [0.25, 0.3) is 0 Å². The Kier molecular flexibility index (Phi) is 4.71. The first-order chi connectivity index (χ1) is 10.7. The molecule has 3 aromatic rings. The van der Waals surface area contributed by atoms with Crippen molar-refractivity contribution >= 4 is 49.7 Å². The first kappa shape index (κ1) is 15.0. The fourth-order valence-electron chi connectivity index (χ4n) is 2.33. The Labute approximate surface area is 143 Å². The summed E-state index contributed by atoms with van der Waals surface area (Å²) in [5.74, 6) is 0. The van der Waals surface area contributed by atoms with Gasteiger partial charge in [0.15, 0.2) is 5.11 Å². The summed E-state index contributed by atoms with van der Waals surface area (Å²) < 4.78 is 1.05. The van der Waals surface area contributed by atoms with Crippen molar-refractivity contribution in [2.75, 3.05) is 5.32 Å². The van der Waals surface area contributed by atoms with Gasteiger partial charge in [-0.3, -0.25) is 0 Å². The second kappa shape index (κ2) is 6.90. The molecule has 3 rings (SSSR count). The van der Waals surface area contributed by atoms with E-state index in [1.165, 1.54) is 16.3 Å². The molecule has 22 heavy (non-hydrogen) atoms. The zero-order valence-electron chi connectivity index (χ0n) is 11.8. The smallest absolute Gasteiger partial charge is 0.171 e. The largest absolute Gasteiger partial charge is 0.358 e. The van der Waals surface area contributed by atoms with E-state index in [2.05, 4.69) is 69.0 Å². The van der Waals surface area contributed by atoms with Crippen LogP contribution < -0.4 is 10.6 Å². The van der Waals surface area contributed by atoms with Crippen molar-refractivity contribution in [1.82, 2.24) is 5.32 Å². The number of rotatable bonds is 3. The van der Waals surface area contributed by atoms with Gasteiger partial charge >= 0.3 is 0 Å². The number of fused-ring (bicyclic) bond motifs is 1. The molecule has 0 bridgehead atoms. The summed E-state index contributed by atoms with van der Waals surface area (Å²) in [6.45, 7) is 0.698. The lowest BCUT2D eigenvalue weighted by Gasteiger charge is -2.12. The number of hydrogen-bond acceptors (Lipinski definition) is 1. The van der Waals surface area contributed by atoms with Crippen LogP contribution in [0.5, 0.6) is 0 Å². The molecule has 0 fully saturated rings. The lowest BCUT2D eigenvalue weighted by Crippen LogP contribution is -2.27. The number of halogens is 1. The first-order valence-electron chi connectivity index (χ1n) is 6.99. The van der Waals surface area contributed by atoms with Crippen LogP contribution in [0.1, 0.15) is 5.56 Å². The van der Waals surface area contributed by atoms with E-state index in [1.807, 2.05) is 24.3 Å². The zero-order chi connectivity index (χ0) is 15.4. The Balaban J connectivity index is 1.66. The monoisotopic (exact) mass is 370 g/mol. The minimum Gasteiger partial charge on any atom is -0.358 e. The molecule has 4 heteroatoms. The van der Waals surface area contributed by atoms with Gasteiger partial charge in [-0.2, -0.15) is 0 Å². The summed E-state index contributed by atoms with van der Waals surface area (Å²) >= 11 is 8.78. The summed E-state index contributed by atoms with van der Waals surface area (Å²) in [4.78, 5) is 0. The standard InChI is InChI=1S/C18H15BrN2S/c19-15-8-10-16(11-9-15)21-18(22)20-12-14-6-3-5-13-4-1-2-7-17(13)14/h1-11H,12H2,(H2,20,21,22). The van der Waals surface area contributed by atoms with Crippen molar-refractivity contribution < 1.29 is 0 Å². The van der Waals surface area contributed by atoms with E-state index in [9.17, 15) is 0 Å². The van der Waals surface area contributed by atoms with Gasteiger partial charge in [0, 0.05) is 16.7 Å². The predicted molar refractivity (Wildman–Crippen MR) is 101 cm³/mol. The lowest BCUT2D eigenvalue weighted by atomic mass is 10.0. The molecular formula is C18H15BrN2S. The summed E-state index contributed by atoms with van der Waals surface area (Å²) in [7, 11) is 0. The number of hydrogen-bond donors (Lipinski definition) is 2.